The van der Waals surface area contributed by atoms with Gasteiger partial charge in [-0.3, -0.25) is 4.79 Å². The fourth-order valence-electron chi connectivity index (χ4n) is 1.95. The average molecular weight is 260 g/mol. The number of aromatic nitrogens is 2. The molecule has 0 spiro atoms. The van der Waals surface area contributed by atoms with E-state index in [1.807, 2.05) is 63.5 Å². The van der Waals surface area contributed by atoms with Crippen molar-refractivity contribution in [2.75, 3.05) is 5.32 Å². The summed E-state index contributed by atoms with van der Waals surface area (Å²) in [5.74, 6) is 0.650. The van der Waals surface area contributed by atoms with Gasteiger partial charge in [0.2, 0.25) is 0 Å². The Bertz CT molecular complexity index is 579. The first-order chi connectivity index (χ1) is 9.25. The maximum Gasteiger partial charge on any atom is 0.400 e. The van der Waals surface area contributed by atoms with Crippen molar-refractivity contribution in [2.45, 2.75) is 41.2 Å². The molecule has 0 fully saturated rings. The van der Waals surface area contributed by atoms with E-state index >= 15 is 0 Å². The van der Waals surface area contributed by atoms with Crippen molar-refractivity contribution in [2.24, 2.45) is 0 Å². The molecule has 19 heavy (non-hydrogen) atoms. The summed E-state index contributed by atoms with van der Waals surface area (Å²) in [5, 5.41) is 3.84. The maximum atomic E-state index is 11.3. The highest BCUT2D eigenvalue weighted by Gasteiger charge is 2.29. The van der Waals surface area contributed by atoms with Gasteiger partial charge in [0.25, 0.3) is 0 Å². The van der Waals surface area contributed by atoms with Crippen molar-refractivity contribution in [3.8, 4) is 0 Å². The Kier molecular flexibility index (Phi) is 5.42. The summed E-state index contributed by atoms with van der Waals surface area (Å²) in [5.41, 5.74) is 2.00. The molecule has 1 N–H and O–H groups in total. The number of benzene rings is 1. The quantitative estimate of drug-likeness (QED) is 0.740. The zero-order valence-electron chi connectivity index (χ0n) is 12.3. The zero-order chi connectivity index (χ0) is 14.4. The van der Waals surface area contributed by atoms with E-state index in [1.165, 1.54) is 0 Å². The minimum absolute atomic E-state index is 0.000839. The molecular weight excluding hydrogens is 238 g/mol. The Morgan fingerprint density at radius 1 is 1.16 bits per heavy atom. The Balaban J connectivity index is 0.000000415. The molecule has 4 heteroatoms. The van der Waals surface area contributed by atoms with Crippen LogP contribution in [0.4, 0.5) is 5.95 Å². The number of anilines is 1. The third-order valence-electron chi connectivity index (χ3n) is 2.73. The van der Waals surface area contributed by atoms with E-state index in [2.05, 4.69) is 10.3 Å². The molecule has 1 amide bonds. The lowest BCUT2D eigenvalue weighted by atomic mass is 10.2. The summed E-state index contributed by atoms with van der Waals surface area (Å²) in [6, 6.07) is 7.90. The van der Waals surface area contributed by atoms with Crippen LogP contribution in [0, 0.1) is 6.92 Å². The van der Waals surface area contributed by atoms with Crippen LogP contribution in [0.3, 0.4) is 0 Å². The first kappa shape index (κ1) is 15.1. The van der Waals surface area contributed by atoms with Crippen LogP contribution in [0.15, 0.2) is 24.3 Å². The summed E-state index contributed by atoms with van der Waals surface area (Å²) in [7, 11) is 0. The lowest BCUT2D eigenvalue weighted by molar-refractivity contribution is -0.670. The first-order valence-electron chi connectivity index (χ1n) is 6.85. The molecule has 4 nitrogen and oxygen atoms in total. The van der Waals surface area contributed by atoms with Gasteiger partial charge in [-0.2, -0.15) is 0 Å². The topological polar surface area (TPSA) is 45.9 Å². The summed E-state index contributed by atoms with van der Waals surface area (Å²) < 4.78 is 1.91. The van der Waals surface area contributed by atoms with Crippen molar-refractivity contribution in [1.82, 2.24) is 4.98 Å². The van der Waals surface area contributed by atoms with E-state index < -0.39 is 0 Å². The predicted molar refractivity (Wildman–Crippen MR) is 78.0 cm³/mol. The van der Waals surface area contributed by atoms with E-state index in [0.717, 1.165) is 16.6 Å². The summed E-state index contributed by atoms with van der Waals surface area (Å²) in [4.78, 5) is 15.7. The number of hydrogen-bond acceptors (Lipinski definition) is 2. The average Bonchev–Trinajstić information content (AvgIpc) is 2.84. The van der Waals surface area contributed by atoms with Gasteiger partial charge in [-0.1, -0.05) is 44.8 Å². The van der Waals surface area contributed by atoms with Crippen LogP contribution in [0.25, 0.3) is 10.9 Å². The number of carbonyl (C=O) groups is 1. The largest absolute Gasteiger partial charge is 0.400 e. The van der Waals surface area contributed by atoms with Crippen LogP contribution in [-0.4, -0.2) is 10.9 Å². The molecule has 0 radical (unpaired) electrons. The molecule has 1 aromatic carbocycles. The Morgan fingerprint density at radius 2 is 1.79 bits per heavy atom. The third-order valence-corrected chi connectivity index (χ3v) is 2.73. The number of fused-ring (bicyclic) bond motifs is 2. The number of para-hydroxylation sites is 1. The molecule has 2 heterocycles. The molecule has 1 aliphatic rings. The van der Waals surface area contributed by atoms with Gasteiger partial charge in [0.15, 0.2) is 12.1 Å². The molecular formula is C15H22N3O+. The molecule has 0 saturated carbocycles. The van der Waals surface area contributed by atoms with Crippen LogP contribution in [0.2, 0.25) is 0 Å². The molecule has 0 bridgehead atoms. The molecule has 0 atom stereocenters. The minimum Gasteiger partial charge on any atom is -0.253 e. The van der Waals surface area contributed by atoms with Gasteiger partial charge in [0, 0.05) is 0 Å². The summed E-state index contributed by atoms with van der Waals surface area (Å²) in [6.45, 7) is 10.4. The second kappa shape index (κ2) is 6.83. The van der Waals surface area contributed by atoms with Crippen molar-refractivity contribution >= 4 is 22.8 Å². The molecule has 0 aliphatic carbocycles. The van der Waals surface area contributed by atoms with Gasteiger partial charge in [-0.15, -0.1) is 0 Å². The number of amides is 1. The Labute approximate surface area is 114 Å². The first-order valence-corrected chi connectivity index (χ1v) is 6.85. The highest BCUT2D eigenvalue weighted by molar-refractivity contribution is 5.91. The van der Waals surface area contributed by atoms with E-state index in [1.54, 1.807) is 0 Å². The van der Waals surface area contributed by atoms with Crippen LogP contribution in [0.5, 0.6) is 0 Å². The van der Waals surface area contributed by atoms with Crippen LogP contribution in [0.1, 0.15) is 33.4 Å². The lowest BCUT2D eigenvalue weighted by Gasteiger charge is -2.01. The van der Waals surface area contributed by atoms with Crippen molar-refractivity contribution in [1.29, 1.82) is 0 Å². The van der Waals surface area contributed by atoms with Crippen LogP contribution < -0.4 is 9.88 Å². The van der Waals surface area contributed by atoms with Gasteiger partial charge >= 0.3 is 11.9 Å². The highest BCUT2D eigenvalue weighted by atomic mass is 16.2. The molecule has 0 unspecified atom stereocenters. The normalized spacial score (nSPS) is 11.7. The number of carbonyl (C=O) groups excluding carboxylic acids is 1. The third kappa shape index (κ3) is 2.89. The molecule has 2 aromatic rings. The number of rotatable bonds is 0. The van der Waals surface area contributed by atoms with Gasteiger partial charge in [-0.05, 0) is 19.1 Å². The minimum atomic E-state index is 0.000839. The number of nitrogens with one attached hydrogen (secondary N) is 1. The van der Waals surface area contributed by atoms with Crippen molar-refractivity contribution in [3.63, 3.8) is 0 Å². The van der Waals surface area contributed by atoms with Crippen LogP contribution in [-0.2, 0) is 11.3 Å². The molecule has 0 saturated heterocycles. The molecule has 3 rings (SSSR count). The van der Waals surface area contributed by atoms with E-state index in [0.29, 0.717) is 12.5 Å². The smallest absolute Gasteiger partial charge is 0.253 e. The summed E-state index contributed by atoms with van der Waals surface area (Å²) in [6.07, 6.45) is 0. The molecule has 1 aliphatic heterocycles. The standard InChI is InChI=1S/C11H9N3O.2C2H6/c1-7-8-4-2-3-5-9(8)12-11-13-10(15)6-14(7)11;2*1-2/h2-5H,6H2,1H3;2*1-2H3/p+1. The van der Waals surface area contributed by atoms with Gasteiger partial charge < -0.3 is 0 Å². The van der Waals surface area contributed by atoms with Gasteiger partial charge in [-0.25, -0.2) is 9.88 Å². The number of nitrogens with zero attached hydrogens (tertiary/aromatic N) is 2. The second-order valence-corrected chi connectivity index (χ2v) is 3.67. The van der Waals surface area contributed by atoms with Crippen LogP contribution >= 0.6 is 0 Å². The highest BCUT2D eigenvalue weighted by Crippen LogP contribution is 2.17. The van der Waals surface area contributed by atoms with Gasteiger partial charge in [0.05, 0.1) is 11.1 Å². The second-order valence-electron chi connectivity index (χ2n) is 3.67. The fourth-order valence-corrected chi connectivity index (χ4v) is 1.95. The van der Waals surface area contributed by atoms with E-state index in [-0.39, 0.29) is 5.91 Å². The molecule has 102 valence electrons. The number of hydrogen-bond donors (Lipinski definition) is 1. The summed E-state index contributed by atoms with van der Waals surface area (Å²) >= 11 is 0. The van der Waals surface area contributed by atoms with Gasteiger partial charge in [0.1, 0.15) is 0 Å². The monoisotopic (exact) mass is 260 g/mol. The van der Waals surface area contributed by atoms with Crippen molar-refractivity contribution in [3.05, 3.63) is 30.0 Å². The molecule has 1 aromatic heterocycles. The SMILES string of the molecule is CC.CC.Cc1c2ccccc2nc2[n+]1CC(=O)N2. The Hall–Kier alpha value is -1.97. The maximum absolute atomic E-state index is 11.3. The zero-order valence-corrected chi connectivity index (χ0v) is 12.3. The van der Waals surface area contributed by atoms with E-state index in [4.69, 9.17) is 0 Å². The van der Waals surface area contributed by atoms with E-state index in [9.17, 15) is 4.79 Å². The Morgan fingerprint density at radius 3 is 2.47 bits per heavy atom. The fraction of sp³-hybridized carbons (Fsp3) is 0.400. The number of aryl methyl sites for hydroxylation is 1. The lowest BCUT2D eigenvalue weighted by Crippen LogP contribution is -2.36. The predicted octanol–water partition coefficient (Wildman–Crippen LogP) is 2.84. The van der Waals surface area contributed by atoms with Crippen molar-refractivity contribution < 1.29 is 9.36 Å².